The summed E-state index contributed by atoms with van der Waals surface area (Å²) in [7, 11) is 0. The molecule has 0 aromatic heterocycles. The van der Waals surface area contributed by atoms with E-state index >= 15 is 0 Å². The zero-order valence-corrected chi connectivity index (χ0v) is 18.2. The third-order valence-electron chi connectivity index (χ3n) is 5.00. The molecule has 3 aromatic rings. The van der Waals surface area contributed by atoms with E-state index in [9.17, 15) is 19.7 Å². The molecule has 0 aliphatic heterocycles. The molecule has 0 aliphatic rings. The molecule has 0 spiro atoms. The van der Waals surface area contributed by atoms with Gasteiger partial charge in [-0.3, -0.25) is 19.7 Å². The Morgan fingerprint density at radius 2 is 1.41 bits per heavy atom. The van der Waals surface area contributed by atoms with E-state index in [4.69, 9.17) is 0 Å². The summed E-state index contributed by atoms with van der Waals surface area (Å²) < 4.78 is 0. The second-order valence-electron chi connectivity index (χ2n) is 8.44. The minimum atomic E-state index is -0.512. The van der Waals surface area contributed by atoms with Gasteiger partial charge in [-0.2, -0.15) is 0 Å². The highest BCUT2D eigenvalue weighted by Gasteiger charge is 2.18. The maximum Gasteiger partial charge on any atom is 0.273 e. The number of hydrogen-bond donors (Lipinski definition) is 2. The smallest absolute Gasteiger partial charge is 0.273 e. The van der Waals surface area contributed by atoms with Crippen molar-refractivity contribution >= 4 is 28.9 Å². The van der Waals surface area contributed by atoms with Gasteiger partial charge in [0, 0.05) is 17.2 Å². The summed E-state index contributed by atoms with van der Waals surface area (Å²) in [4.78, 5) is 35.9. The lowest BCUT2D eigenvalue weighted by atomic mass is 9.87. The Labute approximate surface area is 186 Å². The number of nitrogens with zero attached hydrogens (tertiary/aromatic N) is 1. The molecule has 0 saturated carbocycles. The third kappa shape index (κ3) is 5.57. The van der Waals surface area contributed by atoms with E-state index in [1.807, 2.05) is 12.1 Å². The van der Waals surface area contributed by atoms with Crippen molar-refractivity contribution in [3.63, 3.8) is 0 Å². The van der Waals surface area contributed by atoms with E-state index in [0.717, 1.165) is 5.56 Å². The highest BCUT2D eigenvalue weighted by molar-refractivity contribution is 6.07. The fourth-order valence-electron chi connectivity index (χ4n) is 3.22. The van der Waals surface area contributed by atoms with Gasteiger partial charge in [-0.05, 0) is 35.2 Å². The number of carbonyl (C=O) groups is 2. The molecule has 32 heavy (non-hydrogen) atoms. The van der Waals surface area contributed by atoms with Gasteiger partial charge in [0.05, 0.1) is 22.7 Å². The quantitative estimate of drug-likeness (QED) is 0.407. The summed E-state index contributed by atoms with van der Waals surface area (Å²) in [6, 6.07) is 20.3. The molecular formula is C25H25N3O4. The molecule has 0 saturated heterocycles. The lowest BCUT2D eigenvalue weighted by molar-refractivity contribution is -0.385. The van der Waals surface area contributed by atoms with Crippen LogP contribution in [0.4, 0.5) is 17.1 Å². The number of amides is 2. The van der Waals surface area contributed by atoms with Gasteiger partial charge in [0.15, 0.2) is 0 Å². The number of hydrogen-bond acceptors (Lipinski definition) is 4. The summed E-state index contributed by atoms with van der Waals surface area (Å²) in [6.07, 6.45) is -0.159. The number of anilines is 2. The van der Waals surface area contributed by atoms with Crippen LogP contribution in [0.3, 0.4) is 0 Å². The van der Waals surface area contributed by atoms with Crippen LogP contribution in [0.15, 0.2) is 72.8 Å². The average molecular weight is 431 g/mol. The number of carbonyl (C=O) groups excluding carboxylic acids is 2. The van der Waals surface area contributed by atoms with Crippen molar-refractivity contribution in [3.8, 4) is 0 Å². The maximum absolute atomic E-state index is 12.7. The van der Waals surface area contributed by atoms with Crippen molar-refractivity contribution in [2.45, 2.75) is 32.6 Å². The second-order valence-corrected chi connectivity index (χ2v) is 8.44. The topological polar surface area (TPSA) is 101 Å². The average Bonchev–Trinajstić information content (AvgIpc) is 2.74. The minimum absolute atomic E-state index is 0.0142. The molecule has 2 N–H and O–H groups in total. The Kier molecular flexibility index (Phi) is 6.68. The van der Waals surface area contributed by atoms with Crippen molar-refractivity contribution in [3.05, 3.63) is 99.6 Å². The Hall–Kier alpha value is -4.00. The Morgan fingerprint density at radius 3 is 2.00 bits per heavy atom. The molecule has 3 aromatic carbocycles. The first kappa shape index (κ1) is 22.7. The van der Waals surface area contributed by atoms with Crippen LogP contribution < -0.4 is 10.6 Å². The van der Waals surface area contributed by atoms with E-state index in [-0.39, 0.29) is 23.4 Å². The van der Waals surface area contributed by atoms with Crippen LogP contribution in [0.25, 0.3) is 0 Å². The number of nitro groups is 1. The van der Waals surface area contributed by atoms with E-state index in [0.29, 0.717) is 22.5 Å². The van der Waals surface area contributed by atoms with Gasteiger partial charge in [-0.1, -0.05) is 63.2 Å². The van der Waals surface area contributed by atoms with Crippen molar-refractivity contribution < 1.29 is 14.5 Å². The van der Waals surface area contributed by atoms with Gasteiger partial charge in [0.2, 0.25) is 5.91 Å². The first-order chi connectivity index (χ1) is 15.1. The van der Waals surface area contributed by atoms with E-state index in [2.05, 4.69) is 31.4 Å². The Balaban J connectivity index is 1.73. The van der Waals surface area contributed by atoms with Crippen LogP contribution in [0.5, 0.6) is 0 Å². The summed E-state index contributed by atoms with van der Waals surface area (Å²) in [5.41, 5.74) is 2.66. The molecule has 0 atom stereocenters. The molecule has 0 fully saturated rings. The van der Waals surface area contributed by atoms with Crippen molar-refractivity contribution in [1.29, 1.82) is 0 Å². The molecule has 0 bridgehead atoms. The number of rotatable bonds is 6. The van der Waals surface area contributed by atoms with Crippen LogP contribution >= 0.6 is 0 Å². The summed E-state index contributed by atoms with van der Waals surface area (Å²) in [5, 5.41) is 16.7. The van der Waals surface area contributed by atoms with Gasteiger partial charge in [0.1, 0.15) is 0 Å². The molecule has 164 valence electrons. The highest BCUT2D eigenvalue weighted by Crippen LogP contribution is 2.25. The van der Waals surface area contributed by atoms with Gasteiger partial charge >= 0.3 is 0 Å². The number of nitro benzene ring substituents is 1. The fraction of sp³-hybridized carbons (Fsp3) is 0.200. The largest absolute Gasteiger partial charge is 0.324 e. The van der Waals surface area contributed by atoms with Crippen LogP contribution in [0.1, 0.15) is 42.3 Å². The second kappa shape index (κ2) is 9.43. The summed E-state index contributed by atoms with van der Waals surface area (Å²) in [5.74, 6) is -0.721. The molecule has 0 unspecified atom stereocenters. The number of benzene rings is 3. The van der Waals surface area contributed by atoms with Crippen LogP contribution in [-0.2, 0) is 16.6 Å². The zero-order valence-electron chi connectivity index (χ0n) is 18.2. The predicted octanol–water partition coefficient (Wildman–Crippen LogP) is 5.33. The van der Waals surface area contributed by atoms with Crippen LogP contribution in [-0.4, -0.2) is 16.7 Å². The Bertz CT molecular complexity index is 1150. The third-order valence-corrected chi connectivity index (χ3v) is 5.00. The molecule has 0 radical (unpaired) electrons. The number of nitrogens with one attached hydrogen (secondary N) is 2. The fourth-order valence-corrected chi connectivity index (χ4v) is 3.22. The predicted molar refractivity (Wildman–Crippen MR) is 125 cm³/mol. The minimum Gasteiger partial charge on any atom is -0.324 e. The monoisotopic (exact) mass is 431 g/mol. The van der Waals surface area contributed by atoms with E-state index in [1.165, 1.54) is 6.07 Å². The lowest BCUT2D eigenvalue weighted by Crippen LogP contribution is -2.18. The molecule has 7 heteroatoms. The van der Waals surface area contributed by atoms with Gasteiger partial charge < -0.3 is 10.6 Å². The van der Waals surface area contributed by atoms with Crippen molar-refractivity contribution in [2.75, 3.05) is 10.6 Å². The zero-order chi connectivity index (χ0) is 23.3. The van der Waals surface area contributed by atoms with Crippen LogP contribution in [0, 0.1) is 10.1 Å². The maximum atomic E-state index is 12.7. The van der Waals surface area contributed by atoms with Crippen LogP contribution in [0.2, 0.25) is 0 Å². The number of para-hydroxylation sites is 3. The first-order valence-corrected chi connectivity index (χ1v) is 10.2. The molecular weight excluding hydrogens is 406 g/mol. The summed E-state index contributed by atoms with van der Waals surface area (Å²) in [6.45, 7) is 6.31. The van der Waals surface area contributed by atoms with Gasteiger partial charge in [0.25, 0.3) is 11.6 Å². The first-order valence-electron chi connectivity index (χ1n) is 10.2. The summed E-state index contributed by atoms with van der Waals surface area (Å²) >= 11 is 0. The lowest BCUT2D eigenvalue weighted by Gasteiger charge is -2.19. The molecule has 0 heterocycles. The van der Waals surface area contributed by atoms with Gasteiger partial charge in [-0.15, -0.1) is 0 Å². The highest BCUT2D eigenvalue weighted by atomic mass is 16.6. The van der Waals surface area contributed by atoms with Gasteiger partial charge in [-0.25, -0.2) is 0 Å². The molecule has 3 rings (SSSR count). The molecule has 0 aliphatic carbocycles. The van der Waals surface area contributed by atoms with Crippen molar-refractivity contribution in [1.82, 2.24) is 0 Å². The standard InChI is InChI=1S/C25H25N3O4/c1-25(2,3)19-14-12-17(13-15-19)24(30)27-21-10-6-5-9-20(21)26-23(29)16-18-8-4-7-11-22(18)28(31)32/h4-15H,16H2,1-3H3,(H,26,29)(H,27,30). The normalized spacial score (nSPS) is 11.0. The SMILES string of the molecule is CC(C)(C)c1ccc(C(=O)Nc2ccccc2NC(=O)Cc2ccccc2[N+](=O)[O-])cc1. The van der Waals surface area contributed by atoms with Crippen molar-refractivity contribution in [2.24, 2.45) is 0 Å². The molecule has 7 nitrogen and oxygen atoms in total. The van der Waals surface area contributed by atoms with E-state index < -0.39 is 10.8 Å². The Morgan fingerprint density at radius 1 is 0.844 bits per heavy atom. The molecule has 2 amide bonds. The van der Waals surface area contributed by atoms with E-state index in [1.54, 1.807) is 54.6 Å².